The van der Waals surface area contributed by atoms with Crippen LogP contribution in [0.15, 0.2) is 4.52 Å². The zero-order valence-corrected chi connectivity index (χ0v) is 10.7. The highest BCUT2D eigenvalue weighted by Crippen LogP contribution is 2.43. The minimum Gasteiger partial charge on any atom is -0.370 e. The maximum absolute atomic E-state index is 12.8. The van der Waals surface area contributed by atoms with E-state index in [-0.39, 0.29) is 11.7 Å². The molecule has 2 N–H and O–H groups in total. The lowest BCUT2D eigenvalue weighted by Crippen LogP contribution is -2.48. The molecule has 8 heteroatoms. The lowest BCUT2D eigenvalue weighted by molar-refractivity contribution is -0.190. The van der Waals surface area contributed by atoms with Crippen LogP contribution in [-0.2, 0) is 10.3 Å². The molecule has 2 rings (SSSR count). The van der Waals surface area contributed by atoms with E-state index in [1.807, 2.05) is 0 Å². The number of aromatic nitrogens is 2. The van der Waals surface area contributed by atoms with Gasteiger partial charge >= 0.3 is 6.18 Å². The van der Waals surface area contributed by atoms with Crippen LogP contribution in [0.3, 0.4) is 0 Å². The molecule has 5 nitrogen and oxygen atoms in total. The van der Waals surface area contributed by atoms with Crippen molar-refractivity contribution in [3.8, 4) is 0 Å². The molecule has 0 aliphatic heterocycles. The first-order valence-corrected chi connectivity index (χ1v) is 6.08. The van der Waals surface area contributed by atoms with E-state index in [1.165, 1.54) is 0 Å². The van der Waals surface area contributed by atoms with Crippen LogP contribution in [0.1, 0.15) is 44.5 Å². The van der Waals surface area contributed by atoms with Gasteiger partial charge in [-0.25, -0.2) is 0 Å². The number of halogens is 3. The highest BCUT2D eigenvalue weighted by atomic mass is 19.4. The first-order valence-electron chi connectivity index (χ1n) is 6.08. The van der Waals surface area contributed by atoms with Crippen molar-refractivity contribution in [3.05, 3.63) is 11.7 Å². The van der Waals surface area contributed by atoms with Crippen LogP contribution in [-0.4, -0.2) is 22.9 Å². The Bertz CT molecular complexity index is 441. The summed E-state index contributed by atoms with van der Waals surface area (Å²) in [7, 11) is 0. The fraction of sp³-hybridized carbons (Fsp3) is 0.818. The summed E-state index contributed by atoms with van der Waals surface area (Å²) in [6, 6.07) is 0. The van der Waals surface area contributed by atoms with Gasteiger partial charge in [0.25, 0.3) is 5.89 Å². The van der Waals surface area contributed by atoms with Crippen LogP contribution >= 0.6 is 0 Å². The third-order valence-corrected chi connectivity index (χ3v) is 3.13. The maximum Gasteiger partial charge on any atom is 0.415 e. The molecule has 0 bridgehead atoms. The van der Waals surface area contributed by atoms with Crippen molar-refractivity contribution in [1.82, 2.24) is 10.1 Å². The van der Waals surface area contributed by atoms with Crippen molar-refractivity contribution in [3.63, 3.8) is 0 Å². The van der Waals surface area contributed by atoms with Gasteiger partial charge in [-0.1, -0.05) is 5.16 Å². The molecule has 0 amide bonds. The van der Waals surface area contributed by atoms with E-state index >= 15 is 0 Å². The normalized spacial score (nSPS) is 21.2. The Balaban J connectivity index is 2.22. The smallest absolute Gasteiger partial charge is 0.370 e. The van der Waals surface area contributed by atoms with E-state index in [1.54, 1.807) is 6.92 Å². The molecule has 0 saturated heterocycles. The van der Waals surface area contributed by atoms with Gasteiger partial charge in [0.15, 0.2) is 5.54 Å². The number of hydrogen-bond acceptors (Lipinski definition) is 5. The summed E-state index contributed by atoms with van der Waals surface area (Å²) in [5, 5.41) is 3.59. The molecule has 1 aromatic heterocycles. The van der Waals surface area contributed by atoms with E-state index < -0.39 is 23.7 Å². The number of hydrogen-bond donors (Lipinski definition) is 1. The lowest BCUT2D eigenvalue weighted by Gasteiger charge is -2.22. The summed E-state index contributed by atoms with van der Waals surface area (Å²) >= 11 is 0. The molecule has 0 radical (unpaired) electrons. The first-order chi connectivity index (χ1) is 8.77. The summed E-state index contributed by atoms with van der Waals surface area (Å²) in [5.74, 6) is -0.249. The van der Waals surface area contributed by atoms with Gasteiger partial charge in [-0.2, -0.15) is 18.2 Å². The Morgan fingerprint density at radius 1 is 1.47 bits per heavy atom. The van der Waals surface area contributed by atoms with E-state index in [9.17, 15) is 13.2 Å². The third-order valence-electron chi connectivity index (χ3n) is 3.13. The van der Waals surface area contributed by atoms with E-state index in [4.69, 9.17) is 10.5 Å². The lowest BCUT2D eigenvalue weighted by atomic mass is 10.0. The summed E-state index contributed by atoms with van der Waals surface area (Å²) in [5.41, 5.74) is 2.58. The highest BCUT2D eigenvalue weighted by molar-refractivity contribution is 5.07. The second-order valence-electron chi connectivity index (χ2n) is 4.87. The number of nitrogens with zero attached hydrogens (tertiary/aromatic N) is 2. The topological polar surface area (TPSA) is 74.2 Å². The molecule has 1 aromatic rings. The molecular formula is C11H16F3N3O2. The van der Waals surface area contributed by atoms with Crippen LogP contribution in [0.2, 0.25) is 0 Å². The second-order valence-corrected chi connectivity index (χ2v) is 4.87. The van der Waals surface area contributed by atoms with Gasteiger partial charge in [0.2, 0.25) is 5.82 Å². The Kier molecular flexibility index (Phi) is 3.57. The predicted molar refractivity (Wildman–Crippen MR) is 59.0 cm³/mol. The summed E-state index contributed by atoms with van der Waals surface area (Å²) in [6.07, 6.45) is -3.16. The van der Waals surface area contributed by atoms with Crippen molar-refractivity contribution in [1.29, 1.82) is 0 Å². The van der Waals surface area contributed by atoms with Crippen molar-refractivity contribution in [2.45, 2.75) is 44.5 Å². The number of alkyl halides is 3. The average molecular weight is 279 g/mol. The predicted octanol–water partition coefficient (Wildman–Crippen LogP) is 2.29. The molecule has 0 spiro atoms. The fourth-order valence-electron chi connectivity index (χ4n) is 1.68. The summed E-state index contributed by atoms with van der Waals surface area (Å²) in [4.78, 5) is 3.78. The van der Waals surface area contributed by atoms with Crippen molar-refractivity contribution in [2.24, 2.45) is 11.7 Å². The van der Waals surface area contributed by atoms with Crippen molar-refractivity contribution in [2.75, 3.05) is 6.61 Å². The minimum atomic E-state index is -4.66. The Labute approximate surface area is 108 Å². The van der Waals surface area contributed by atoms with Gasteiger partial charge in [-0.3, -0.25) is 0 Å². The largest absolute Gasteiger partial charge is 0.415 e. The number of nitrogens with two attached hydrogens (primary N) is 1. The minimum absolute atomic E-state index is 0.139. The van der Waals surface area contributed by atoms with Crippen molar-refractivity contribution < 1.29 is 22.4 Å². The molecular weight excluding hydrogens is 263 g/mol. The molecule has 19 heavy (non-hydrogen) atoms. The zero-order chi connectivity index (χ0) is 14.3. The Hall–Kier alpha value is -1.15. The molecule has 1 aliphatic rings. The Morgan fingerprint density at radius 2 is 2.11 bits per heavy atom. The molecule has 2 atom stereocenters. The molecule has 1 aliphatic carbocycles. The van der Waals surface area contributed by atoms with Gasteiger partial charge in [0.05, 0.1) is 0 Å². The van der Waals surface area contributed by atoms with Crippen LogP contribution in [0.25, 0.3) is 0 Å². The molecule has 1 saturated carbocycles. The molecule has 1 heterocycles. The van der Waals surface area contributed by atoms with E-state index in [0.717, 1.165) is 19.8 Å². The molecule has 108 valence electrons. The van der Waals surface area contributed by atoms with Gasteiger partial charge in [-0.05, 0) is 32.6 Å². The average Bonchev–Trinajstić information content (AvgIpc) is 3.00. The van der Waals surface area contributed by atoms with Gasteiger partial charge < -0.3 is 15.0 Å². The van der Waals surface area contributed by atoms with E-state index in [0.29, 0.717) is 6.61 Å². The molecule has 2 unspecified atom stereocenters. The summed E-state index contributed by atoms with van der Waals surface area (Å²) < 4.78 is 48.4. The highest BCUT2D eigenvalue weighted by Gasteiger charge is 2.54. The Morgan fingerprint density at radius 3 is 2.58 bits per heavy atom. The van der Waals surface area contributed by atoms with Crippen LogP contribution in [0.5, 0.6) is 0 Å². The zero-order valence-electron chi connectivity index (χ0n) is 10.7. The first kappa shape index (κ1) is 14.3. The van der Waals surface area contributed by atoms with Crippen LogP contribution < -0.4 is 5.73 Å². The van der Waals surface area contributed by atoms with E-state index in [2.05, 4.69) is 14.7 Å². The quantitative estimate of drug-likeness (QED) is 0.895. The second kappa shape index (κ2) is 4.75. The van der Waals surface area contributed by atoms with Gasteiger partial charge in [0.1, 0.15) is 6.10 Å². The van der Waals surface area contributed by atoms with Gasteiger partial charge in [0, 0.05) is 6.61 Å². The van der Waals surface area contributed by atoms with Gasteiger partial charge in [-0.15, -0.1) is 0 Å². The third kappa shape index (κ3) is 2.74. The molecule has 0 aromatic carbocycles. The fourth-order valence-corrected chi connectivity index (χ4v) is 1.68. The maximum atomic E-state index is 12.8. The monoisotopic (exact) mass is 279 g/mol. The molecule has 1 fully saturated rings. The SMILES string of the molecule is CCOC(c1noc(C(C)(N)C(F)(F)F)n1)C1CC1. The number of rotatable bonds is 5. The number of ether oxygens (including phenoxy) is 1. The summed E-state index contributed by atoms with van der Waals surface area (Å²) in [6.45, 7) is 3.04. The van der Waals surface area contributed by atoms with Crippen molar-refractivity contribution >= 4 is 0 Å². The standard InChI is InChI=1S/C11H16F3N3O2/c1-3-18-7(6-4-5-6)8-16-9(19-17-8)10(2,15)11(12,13)14/h6-7H,3-5,15H2,1-2H3. The van der Waals surface area contributed by atoms with Crippen LogP contribution in [0, 0.1) is 5.92 Å². The van der Waals surface area contributed by atoms with Crippen LogP contribution in [0.4, 0.5) is 13.2 Å².